The first-order valence-electron chi connectivity index (χ1n) is 11.5. The third-order valence-corrected chi connectivity index (χ3v) is 7.16. The number of amides is 1. The number of aryl methyl sites for hydroxylation is 1. The van der Waals surface area contributed by atoms with Gasteiger partial charge in [-0.15, -0.1) is 0 Å². The molecule has 180 valence electrons. The fourth-order valence-electron chi connectivity index (χ4n) is 4.59. The van der Waals surface area contributed by atoms with Gasteiger partial charge in [-0.2, -0.15) is 0 Å². The van der Waals surface area contributed by atoms with Gasteiger partial charge in [0.2, 0.25) is 5.76 Å². The number of halogens is 1. The highest BCUT2D eigenvalue weighted by atomic mass is 32.1. The summed E-state index contributed by atoms with van der Waals surface area (Å²) in [5, 5.41) is 0.777. The Kier molecular flexibility index (Phi) is 5.15. The summed E-state index contributed by atoms with van der Waals surface area (Å²) in [5.74, 6) is -0.170. The van der Waals surface area contributed by atoms with Crippen LogP contribution >= 0.6 is 11.3 Å². The maximum absolute atomic E-state index is 13.9. The van der Waals surface area contributed by atoms with Gasteiger partial charge in [0.15, 0.2) is 10.6 Å². The van der Waals surface area contributed by atoms with Gasteiger partial charge >= 0.3 is 0 Å². The molecule has 3 aromatic carbocycles. The van der Waals surface area contributed by atoms with Crippen molar-refractivity contribution in [1.29, 1.82) is 0 Å². The first kappa shape index (κ1) is 22.4. The molecule has 6 nitrogen and oxygen atoms in total. The molecule has 5 aromatic rings. The van der Waals surface area contributed by atoms with Gasteiger partial charge in [-0.1, -0.05) is 35.1 Å². The summed E-state index contributed by atoms with van der Waals surface area (Å²) in [4.78, 5) is 33.6. The van der Waals surface area contributed by atoms with E-state index < -0.39 is 11.9 Å². The molecule has 0 fully saturated rings. The highest BCUT2D eigenvalue weighted by Crippen LogP contribution is 2.44. The molecule has 1 aliphatic rings. The third-order valence-electron chi connectivity index (χ3n) is 6.14. The summed E-state index contributed by atoms with van der Waals surface area (Å²) in [5.41, 5.74) is 2.55. The summed E-state index contributed by atoms with van der Waals surface area (Å²) in [7, 11) is 0. The van der Waals surface area contributed by atoms with Crippen LogP contribution in [0.3, 0.4) is 0 Å². The zero-order chi connectivity index (χ0) is 25.1. The average Bonchev–Trinajstić information content (AvgIpc) is 3.38. The smallest absolute Gasteiger partial charge is 0.297 e. The Bertz CT molecular complexity index is 1720. The molecule has 0 spiro atoms. The van der Waals surface area contributed by atoms with Gasteiger partial charge < -0.3 is 9.15 Å². The summed E-state index contributed by atoms with van der Waals surface area (Å²) in [6.07, 6.45) is 0.00549. The maximum atomic E-state index is 13.9. The van der Waals surface area contributed by atoms with Crippen molar-refractivity contribution in [3.63, 3.8) is 0 Å². The van der Waals surface area contributed by atoms with Crippen LogP contribution < -0.4 is 15.1 Å². The van der Waals surface area contributed by atoms with Crippen LogP contribution in [0.4, 0.5) is 9.52 Å². The van der Waals surface area contributed by atoms with Crippen molar-refractivity contribution >= 4 is 43.6 Å². The molecule has 6 rings (SSSR count). The molecule has 0 saturated heterocycles. The van der Waals surface area contributed by atoms with Gasteiger partial charge in [0.25, 0.3) is 5.91 Å². The predicted molar refractivity (Wildman–Crippen MR) is 138 cm³/mol. The van der Waals surface area contributed by atoms with Crippen LogP contribution in [0.15, 0.2) is 69.9 Å². The highest BCUT2D eigenvalue weighted by molar-refractivity contribution is 7.22. The van der Waals surface area contributed by atoms with Gasteiger partial charge in [-0.05, 0) is 68.8 Å². The first-order valence-corrected chi connectivity index (χ1v) is 12.4. The Labute approximate surface area is 209 Å². The number of anilines is 1. The Balaban J connectivity index is 1.58. The van der Waals surface area contributed by atoms with Crippen molar-refractivity contribution in [2.24, 2.45) is 0 Å². The minimum Gasteiger partial charge on any atom is -0.491 e. The normalized spacial score (nSPS) is 15.3. The van der Waals surface area contributed by atoms with E-state index in [0.29, 0.717) is 37.6 Å². The maximum Gasteiger partial charge on any atom is 0.297 e. The summed E-state index contributed by atoms with van der Waals surface area (Å²) < 4.78 is 26.3. The topological polar surface area (TPSA) is 72.6 Å². The number of nitrogens with zero attached hydrogens (tertiary/aromatic N) is 2. The Morgan fingerprint density at radius 2 is 1.83 bits per heavy atom. The number of thiazole rings is 1. The molecule has 0 saturated carbocycles. The molecular weight excluding hydrogens is 479 g/mol. The van der Waals surface area contributed by atoms with E-state index in [0.717, 1.165) is 5.56 Å². The largest absolute Gasteiger partial charge is 0.491 e. The van der Waals surface area contributed by atoms with Crippen molar-refractivity contribution in [3.05, 3.63) is 99.2 Å². The van der Waals surface area contributed by atoms with E-state index in [-0.39, 0.29) is 28.7 Å². The molecule has 3 heterocycles. The van der Waals surface area contributed by atoms with Crippen LogP contribution in [0.2, 0.25) is 0 Å². The number of carbonyl (C=O) groups excluding carboxylic acids is 1. The van der Waals surface area contributed by atoms with Crippen LogP contribution in [-0.2, 0) is 0 Å². The fourth-order valence-corrected chi connectivity index (χ4v) is 5.61. The Morgan fingerprint density at radius 1 is 1.06 bits per heavy atom. The van der Waals surface area contributed by atoms with E-state index in [1.165, 1.54) is 28.4 Å². The minimum atomic E-state index is -0.757. The van der Waals surface area contributed by atoms with E-state index in [2.05, 4.69) is 4.98 Å². The molecule has 2 aromatic heterocycles. The van der Waals surface area contributed by atoms with E-state index in [1.807, 2.05) is 51.1 Å². The van der Waals surface area contributed by atoms with Gasteiger partial charge in [0.05, 0.1) is 33.3 Å². The van der Waals surface area contributed by atoms with Crippen molar-refractivity contribution in [2.75, 3.05) is 4.90 Å². The minimum absolute atomic E-state index is 0.00528. The van der Waals surface area contributed by atoms with Crippen LogP contribution in [0.5, 0.6) is 5.75 Å². The van der Waals surface area contributed by atoms with Gasteiger partial charge in [0.1, 0.15) is 17.1 Å². The van der Waals surface area contributed by atoms with Crippen molar-refractivity contribution in [2.45, 2.75) is 32.9 Å². The van der Waals surface area contributed by atoms with Crippen LogP contribution in [-0.4, -0.2) is 17.0 Å². The quantitative estimate of drug-likeness (QED) is 0.286. The number of carbonyl (C=O) groups is 1. The molecular formula is C28H21FN2O4S. The molecule has 0 radical (unpaired) electrons. The molecule has 1 atom stereocenters. The highest BCUT2D eigenvalue weighted by Gasteiger charge is 2.45. The lowest BCUT2D eigenvalue weighted by Crippen LogP contribution is -2.29. The lowest BCUT2D eigenvalue weighted by atomic mass is 9.98. The second kappa shape index (κ2) is 8.27. The number of hydrogen-bond acceptors (Lipinski definition) is 6. The van der Waals surface area contributed by atoms with Crippen molar-refractivity contribution < 1.29 is 18.3 Å². The van der Waals surface area contributed by atoms with E-state index in [9.17, 15) is 14.0 Å². The lowest BCUT2D eigenvalue weighted by Gasteiger charge is -2.23. The third kappa shape index (κ3) is 3.56. The average molecular weight is 501 g/mol. The lowest BCUT2D eigenvalue weighted by molar-refractivity contribution is 0.0971. The predicted octanol–water partition coefficient (Wildman–Crippen LogP) is 6.39. The van der Waals surface area contributed by atoms with E-state index in [1.54, 1.807) is 18.2 Å². The molecule has 0 aliphatic carbocycles. The molecule has 0 N–H and O–H groups in total. The number of aromatic nitrogens is 1. The summed E-state index contributed by atoms with van der Waals surface area (Å²) in [6.45, 7) is 5.78. The molecule has 1 aliphatic heterocycles. The summed E-state index contributed by atoms with van der Waals surface area (Å²) in [6, 6.07) is 16.2. The number of rotatable bonds is 4. The van der Waals surface area contributed by atoms with E-state index >= 15 is 0 Å². The van der Waals surface area contributed by atoms with Gasteiger partial charge in [-0.3, -0.25) is 14.5 Å². The molecule has 8 heteroatoms. The monoisotopic (exact) mass is 500 g/mol. The second-order valence-electron chi connectivity index (χ2n) is 9.10. The molecule has 0 unspecified atom stereocenters. The number of hydrogen-bond donors (Lipinski definition) is 0. The Morgan fingerprint density at radius 3 is 2.58 bits per heavy atom. The van der Waals surface area contributed by atoms with Crippen LogP contribution in [0, 0.1) is 12.7 Å². The number of fused-ring (bicyclic) bond motifs is 3. The van der Waals surface area contributed by atoms with E-state index in [4.69, 9.17) is 9.15 Å². The van der Waals surface area contributed by atoms with Crippen molar-refractivity contribution in [3.8, 4) is 5.75 Å². The molecule has 0 bridgehead atoms. The first-order chi connectivity index (χ1) is 17.3. The fraction of sp³-hybridized carbons (Fsp3) is 0.179. The zero-order valence-corrected chi connectivity index (χ0v) is 20.6. The molecule has 36 heavy (non-hydrogen) atoms. The second-order valence-corrected chi connectivity index (χ2v) is 10.1. The van der Waals surface area contributed by atoms with Crippen LogP contribution in [0.1, 0.15) is 47.1 Å². The molecule has 1 amide bonds. The number of ether oxygens (including phenoxy) is 1. The SMILES string of the molecule is Cc1ccc2oc3c(c(=O)c2c1)[C@H](c1ccc(OC(C)C)cc1)N(c1nc2ccc(F)cc2s1)C3=O. The number of benzene rings is 3. The standard InChI is InChI=1S/C28H21FN2O4S/c1-14(2)34-18-8-5-16(6-9-18)24-23-25(32)19-12-15(3)4-11-21(19)35-26(23)27(33)31(24)28-30-20-10-7-17(29)13-22(20)36-28/h4-14,24H,1-3H3/t24-/m0/s1. The van der Waals surface area contributed by atoms with Crippen LogP contribution in [0.25, 0.3) is 21.2 Å². The van der Waals surface area contributed by atoms with Crippen molar-refractivity contribution in [1.82, 2.24) is 4.98 Å². The Hall–Kier alpha value is -4.04. The summed E-state index contributed by atoms with van der Waals surface area (Å²) >= 11 is 1.19. The van der Waals surface area contributed by atoms with Gasteiger partial charge in [0, 0.05) is 0 Å². The van der Waals surface area contributed by atoms with Gasteiger partial charge in [-0.25, -0.2) is 9.37 Å². The zero-order valence-electron chi connectivity index (χ0n) is 19.7.